The molecule has 1 N–H and O–H groups in total. The van der Waals surface area contributed by atoms with E-state index >= 15 is 0 Å². The van der Waals surface area contributed by atoms with Crippen molar-refractivity contribution in [1.29, 1.82) is 0 Å². The van der Waals surface area contributed by atoms with E-state index in [4.69, 9.17) is 0 Å². The predicted molar refractivity (Wildman–Crippen MR) is 90.0 cm³/mol. The first-order chi connectivity index (χ1) is 9.59. The van der Waals surface area contributed by atoms with Crippen LogP contribution in [0.25, 0.3) is 0 Å². The van der Waals surface area contributed by atoms with E-state index in [0.717, 1.165) is 6.54 Å². The zero-order valence-corrected chi connectivity index (χ0v) is 14.5. The fraction of sp³-hybridized carbons (Fsp3) is 0.647. The molecule has 1 aliphatic heterocycles. The summed E-state index contributed by atoms with van der Waals surface area (Å²) in [6, 6.07) is 10.2. The first kappa shape index (κ1) is 16.0. The summed E-state index contributed by atoms with van der Waals surface area (Å²) >= 11 is 3.70. The maximum Gasteiger partial charge on any atom is 0.0334 e. The van der Waals surface area contributed by atoms with Gasteiger partial charge in [0.1, 0.15) is 0 Å². The van der Waals surface area contributed by atoms with Crippen LogP contribution in [0.2, 0.25) is 0 Å². The average Bonchev–Trinajstić information content (AvgIpc) is 2.45. The molecule has 0 aliphatic carbocycles. The Balaban J connectivity index is 2.09. The lowest BCUT2D eigenvalue weighted by molar-refractivity contribution is 0.137. The minimum Gasteiger partial charge on any atom is -0.313 e. The van der Waals surface area contributed by atoms with Crippen LogP contribution in [0, 0.1) is 0 Å². The molecule has 0 bridgehead atoms. The lowest BCUT2D eigenvalue weighted by atomic mass is 10.0. The first-order valence-electron chi connectivity index (χ1n) is 7.83. The summed E-state index contributed by atoms with van der Waals surface area (Å²) < 4.78 is 1.22. The Labute approximate surface area is 132 Å². The molecule has 2 unspecified atom stereocenters. The average molecular weight is 339 g/mol. The molecule has 20 heavy (non-hydrogen) atoms. The Morgan fingerprint density at radius 3 is 2.60 bits per heavy atom. The molecule has 2 atom stereocenters. The lowest BCUT2D eigenvalue weighted by Crippen LogP contribution is -2.46. The number of halogens is 1. The van der Waals surface area contributed by atoms with E-state index in [2.05, 4.69) is 71.2 Å². The van der Waals surface area contributed by atoms with Gasteiger partial charge in [-0.05, 0) is 51.8 Å². The standard InChI is InChI=1S/C17H27BrN2/c1-13(2)20(12-15-8-6-7-11-19-15)14(3)16-9-4-5-10-17(16)18/h4-5,9-10,13-15,19H,6-8,11-12H2,1-3H3. The quantitative estimate of drug-likeness (QED) is 0.857. The summed E-state index contributed by atoms with van der Waals surface area (Å²) in [5, 5.41) is 3.67. The second-order valence-corrected chi connectivity index (χ2v) is 6.99. The largest absolute Gasteiger partial charge is 0.313 e. The van der Waals surface area contributed by atoms with Crippen molar-refractivity contribution in [2.45, 2.75) is 58.2 Å². The number of piperidine rings is 1. The highest BCUT2D eigenvalue weighted by molar-refractivity contribution is 9.10. The summed E-state index contributed by atoms with van der Waals surface area (Å²) in [6.45, 7) is 9.25. The van der Waals surface area contributed by atoms with Crippen LogP contribution in [0.3, 0.4) is 0 Å². The van der Waals surface area contributed by atoms with Crippen LogP contribution in [-0.4, -0.2) is 30.1 Å². The highest BCUT2D eigenvalue weighted by atomic mass is 79.9. The minimum absolute atomic E-state index is 0.439. The fourth-order valence-corrected chi connectivity index (χ4v) is 3.76. The van der Waals surface area contributed by atoms with E-state index in [9.17, 15) is 0 Å². The van der Waals surface area contributed by atoms with Crippen LogP contribution in [0.15, 0.2) is 28.7 Å². The number of nitrogens with zero attached hydrogens (tertiary/aromatic N) is 1. The van der Waals surface area contributed by atoms with Crippen molar-refractivity contribution < 1.29 is 0 Å². The summed E-state index contributed by atoms with van der Waals surface area (Å²) in [6.07, 6.45) is 4.01. The van der Waals surface area contributed by atoms with Gasteiger partial charge >= 0.3 is 0 Å². The summed E-state index contributed by atoms with van der Waals surface area (Å²) in [7, 11) is 0. The van der Waals surface area contributed by atoms with Crippen molar-refractivity contribution in [3.63, 3.8) is 0 Å². The number of rotatable bonds is 5. The summed E-state index contributed by atoms with van der Waals surface area (Å²) in [4.78, 5) is 2.61. The summed E-state index contributed by atoms with van der Waals surface area (Å²) in [5.74, 6) is 0. The number of hydrogen-bond donors (Lipinski definition) is 1. The van der Waals surface area contributed by atoms with Crippen molar-refractivity contribution in [3.8, 4) is 0 Å². The van der Waals surface area contributed by atoms with Crippen molar-refractivity contribution in [2.24, 2.45) is 0 Å². The van der Waals surface area contributed by atoms with Crippen LogP contribution in [0.1, 0.15) is 51.6 Å². The molecular weight excluding hydrogens is 312 g/mol. The molecule has 1 aromatic rings. The third-order valence-electron chi connectivity index (χ3n) is 4.36. The normalized spacial score (nSPS) is 21.4. The van der Waals surface area contributed by atoms with Crippen molar-refractivity contribution in [2.75, 3.05) is 13.1 Å². The highest BCUT2D eigenvalue weighted by Gasteiger charge is 2.24. The van der Waals surface area contributed by atoms with Crippen LogP contribution in [-0.2, 0) is 0 Å². The SMILES string of the molecule is CC(C)N(CC1CCCCN1)C(C)c1ccccc1Br. The van der Waals surface area contributed by atoms with Crippen LogP contribution < -0.4 is 5.32 Å². The topological polar surface area (TPSA) is 15.3 Å². The molecule has 112 valence electrons. The number of hydrogen-bond acceptors (Lipinski definition) is 2. The van der Waals surface area contributed by atoms with Gasteiger partial charge in [-0.25, -0.2) is 0 Å². The minimum atomic E-state index is 0.439. The van der Waals surface area contributed by atoms with Gasteiger partial charge in [0, 0.05) is 29.1 Å². The predicted octanol–water partition coefficient (Wildman–Crippen LogP) is 4.36. The Morgan fingerprint density at radius 1 is 1.25 bits per heavy atom. The van der Waals surface area contributed by atoms with Gasteiger partial charge in [0.25, 0.3) is 0 Å². The Hall–Kier alpha value is -0.380. The molecule has 1 aromatic carbocycles. The molecule has 3 heteroatoms. The zero-order chi connectivity index (χ0) is 14.5. The molecule has 1 saturated heterocycles. The number of nitrogens with one attached hydrogen (secondary N) is 1. The lowest BCUT2D eigenvalue weighted by Gasteiger charge is -2.37. The van der Waals surface area contributed by atoms with Crippen molar-refractivity contribution in [1.82, 2.24) is 10.2 Å². The molecule has 1 fully saturated rings. The summed E-state index contributed by atoms with van der Waals surface area (Å²) in [5.41, 5.74) is 1.39. The molecule has 1 heterocycles. The van der Waals surface area contributed by atoms with Crippen LogP contribution in [0.5, 0.6) is 0 Å². The number of benzene rings is 1. The molecule has 0 aromatic heterocycles. The van der Waals surface area contributed by atoms with Gasteiger partial charge in [-0.1, -0.05) is 40.5 Å². The van der Waals surface area contributed by atoms with Gasteiger partial charge in [-0.3, -0.25) is 4.90 Å². The van der Waals surface area contributed by atoms with Crippen LogP contribution >= 0.6 is 15.9 Å². The van der Waals surface area contributed by atoms with E-state index in [1.165, 1.54) is 35.8 Å². The van der Waals surface area contributed by atoms with E-state index in [0.29, 0.717) is 18.1 Å². The van der Waals surface area contributed by atoms with Gasteiger partial charge in [0.2, 0.25) is 0 Å². The Bertz CT molecular complexity index is 413. The maximum atomic E-state index is 3.70. The molecule has 0 radical (unpaired) electrons. The second kappa shape index (κ2) is 7.58. The van der Waals surface area contributed by atoms with E-state index in [-0.39, 0.29) is 0 Å². The second-order valence-electron chi connectivity index (χ2n) is 6.13. The van der Waals surface area contributed by atoms with E-state index in [1.54, 1.807) is 0 Å². The molecule has 1 aliphatic rings. The smallest absolute Gasteiger partial charge is 0.0334 e. The maximum absolute atomic E-state index is 3.70. The van der Waals surface area contributed by atoms with E-state index < -0.39 is 0 Å². The molecule has 0 saturated carbocycles. The molecule has 0 amide bonds. The van der Waals surface area contributed by atoms with Gasteiger partial charge in [0.05, 0.1) is 0 Å². The molecular formula is C17H27BrN2. The zero-order valence-electron chi connectivity index (χ0n) is 12.9. The monoisotopic (exact) mass is 338 g/mol. The fourth-order valence-electron chi connectivity index (χ4n) is 3.14. The van der Waals surface area contributed by atoms with E-state index in [1.807, 2.05) is 0 Å². The first-order valence-corrected chi connectivity index (χ1v) is 8.62. The van der Waals surface area contributed by atoms with Gasteiger partial charge < -0.3 is 5.32 Å². The van der Waals surface area contributed by atoms with Gasteiger partial charge in [0.15, 0.2) is 0 Å². The third-order valence-corrected chi connectivity index (χ3v) is 5.08. The van der Waals surface area contributed by atoms with Crippen molar-refractivity contribution >= 4 is 15.9 Å². The van der Waals surface area contributed by atoms with Crippen LogP contribution in [0.4, 0.5) is 0 Å². The van der Waals surface area contributed by atoms with Crippen molar-refractivity contribution in [3.05, 3.63) is 34.3 Å². The molecule has 2 rings (SSSR count). The highest BCUT2D eigenvalue weighted by Crippen LogP contribution is 2.29. The molecule has 2 nitrogen and oxygen atoms in total. The molecule has 0 spiro atoms. The Kier molecular flexibility index (Phi) is 6.06. The van der Waals surface area contributed by atoms with Gasteiger partial charge in [-0.2, -0.15) is 0 Å². The third kappa shape index (κ3) is 4.06. The Morgan fingerprint density at radius 2 is 2.00 bits per heavy atom. The van der Waals surface area contributed by atoms with Gasteiger partial charge in [-0.15, -0.1) is 0 Å².